The van der Waals surface area contributed by atoms with Crippen LogP contribution in [0, 0.1) is 0 Å². The van der Waals surface area contributed by atoms with Gasteiger partial charge < -0.3 is 40.0 Å². The van der Waals surface area contributed by atoms with Crippen LogP contribution in [0.5, 0.6) is 0 Å². The molecule has 0 aromatic heterocycles. The number of benzene rings is 2. The Labute approximate surface area is 228 Å². The average molecular weight is 544 g/mol. The molecule has 2 atom stereocenters. The summed E-state index contributed by atoms with van der Waals surface area (Å²) in [6, 6.07) is 11.2. The molecule has 3 rings (SSSR count). The van der Waals surface area contributed by atoms with Gasteiger partial charge in [0.05, 0.1) is 6.10 Å². The second-order valence-electron chi connectivity index (χ2n) is 9.13. The van der Waals surface area contributed by atoms with Crippen LogP contribution in [0.15, 0.2) is 36.4 Å². The number of fused-ring (bicyclic) bond motifs is 3. The maximum Gasteiger partial charge on any atom is 0.406 e. The first-order valence-corrected chi connectivity index (χ1v) is 12.9. The number of methoxy groups -OCH3 is 1. The van der Waals surface area contributed by atoms with Gasteiger partial charge in [-0.25, -0.2) is 4.79 Å². The third-order valence-corrected chi connectivity index (χ3v) is 6.20. The smallest absolute Gasteiger partial charge is 0.406 e. The summed E-state index contributed by atoms with van der Waals surface area (Å²) in [5, 5.41) is 17.1. The summed E-state index contributed by atoms with van der Waals surface area (Å²) in [5.41, 5.74) is 4.83. The average Bonchev–Trinajstić information content (AvgIpc) is 3.22. The molecule has 0 spiro atoms. The molecule has 3 amide bonds. The second-order valence-corrected chi connectivity index (χ2v) is 9.13. The predicted octanol–water partition coefficient (Wildman–Crippen LogP) is 2.87. The van der Waals surface area contributed by atoms with E-state index in [4.69, 9.17) is 24.1 Å². The van der Waals surface area contributed by atoms with Crippen molar-refractivity contribution in [2.45, 2.75) is 31.8 Å². The van der Waals surface area contributed by atoms with Crippen molar-refractivity contribution in [2.24, 2.45) is 0 Å². The number of hydrogen-bond donors (Lipinski definition) is 4. The summed E-state index contributed by atoms with van der Waals surface area (Å²) >= 11 is 0. The topological polar surface area (TPSA) is 144 Å². The quantitative estimate of drug-likeness (QED) is 0.251. The van der Waals surface area contributed by atoms with Crippen LogP contribution in [-0.4, -0.2) is 82.9 Å². The van der Waals surface area contributed by atoms with Crippen LogP contribution in [0.4, 0.5) is 16.2 Å². The van der Waals surface area contributed by atoms with Crippen molar-refractivity contribution in [3.05, 3.63) is 47.5 Å². The Morgan fingerprint density at radius 2 is 1.56 bits per heavy atom. The van der Waals surface area contributed by atoms with Gasteiger partial charge in [-0.1, -0.05) is 12.1 Å². The zero-order valence-electron chi connectivity index (χ0n) is 22.6. The summed E-state index contributed by atoms with van der Waals surface area (Å²) in [6.45, 7) is 2.62. The Hall–Kier alpha value is -3.51. The van der Waals surface area contributed by atoms with Crippen LogP contribution in [0.1, 0.15) is 36.8 Å². The summed E-state index contributed by atoms with van der Waals surface area (Å²) in [4.78, 5) is 36.6. The third-order valence-electron chi connectivity index (χ3n) is 6.20. The van der Waals surface area contributed by atoms with Gasteiger partial charge in [0.2, 0.25) is 11.8 Å². The standard InChI is InChI=1S/C28H37N3O8/c1-18(9-10-32)38-17-27(34)31-20-6-8-22-21-7-5-19(30-26(33)16-37-12-4-11-36-3)13-23(21)25(24(22)14-20)15-39-28(35)29-2/h5-8,13-14,18,25,32H,4,9-12,15-17H2,1-3H3,(H,29,35)(H,30,33)(H,31,34). The highest BCUT2D eigenvalue weighted by Crippen LogP contribution is 2.46. The van der Waals surface area contributed by atoms with E-state index in [1.165, 1.54) is 7.05 Å². The molecular weight excluding hydrogens is 506 g/mol. The number of carbonyl (C=O) groups is 3. The van der Waals surface area contributed by atoms with E-state index in [1.54, 1.807) is 20.1 Å². The molecule has 0 aliphatic heterocycles. The SMILES string of the molecule is CNC(=O)OCC1c2cc(NC(=O)COCCCOC)ccc2-c2ccc(NC(=O)COC(C)CCO)cc21. The van der Waals surface area contributed by atoms with Gasteiger partial charge in [-0.05, 0) is 66.3 Å². The van der Waals surface area contributed by atoms with Crippen molar-refractivity contribution in [1.29, 1.82) is 0 Å². The van der Waals surface area contributed by atoms with Crippen molar-refractivity contribution in [3.8, 4) is 11.1 Å². The Kier molecular flexibility index (Phi) is 11.7. The zero-order valence-corrected chi connectivity index (χ0v) is 22.6. The van der Waals surface area contributed by atoms with Crippen LogP contribution in [0.2, 0.25) is 0 Å². The van der Waals surface area contributed by atoms with Gasteiger partial charge in [0.15, 0.2) is 0 Å². The maximum absolute atomic E-state index is 12.4. The normalized spacial score (nSPS) is 14.2. The van der Waals surface area contributed by atoms with Crippen molar-refractivity contribution in [1.82, 2.24) is 5.32 Å². The molecule has 2 aromatic carbocycles. The summed E-state index contributed by atoms with van der Waals surface area (Å²) in [6.07, 6.45) is 0.352. The van der Waals surface area contributed by atoms with Gasteiger partial charge in [-0.2, -0.15) is 0 Å². The van der Waals surface area contributed by atoms with E-state index in [2.05, 4.69) is 16.0 Å². The van der Waals surface area contributed by atoms with Crippen molar-refractivity contribution in [3.63, 3.8) is 0 Å². The number of aliphatic hydroxyl groups excluding tert-OH is 1. The highest BCUT2D eigenvalue weighted by atomic mass is 16.5. The lowest BCUT2D eigenvalue weighted by Gasteiger charge is -2.16. The highest BCUT2D eigenvalue weighted by molar-refractivity contribution is 5.94. The van der Waals surface area contributed by atoms with Crippen molar-refractivity contribution < 1.29 is 38.4 Å². The fourth-order valence-corrected chi connectivity index (χ4v) is 4.27. The van der Waals surface area contributed by atoms with E-state index in [-0.39, 0.29) is 50.3 Å². The summed E-state index contributed by atoms with van der Waals surface area (Å²) < 4.78 is 21.2. The minimum absolute atomic E-state index is 0.0122. The Balaban J connectivity index is 1.74. The fraction of sp³-hybridized carbons (Fsp3) is 0.464. The van der Waals surface area contributed by atoms with Crippen LogP contribution >= 0.6 is 0 Å². The second kappa shape index (κ2) is 15.2. The Bertz CT molecular complexity index is 1140. The molecule has 4 N–H and O–H groups in total. The molecule has 0 saturated carbocycles. The minimum atomic E-state index is -0.557. The molecule has 0 heterocycles. The van der Waals surface area contributed by atoms with Crippen LogP contribution in [0.3, 0.4) is 0 Å². The van der Waals surface area contributed by atoms with Gasteiger partial charge in [0.25, 0.3) is 0 Å². The van der Waals surface area contributed by atoms with Gasteiger partial charge in [-0.3, -0.25) is 9.59 Å². The van der Waals surface area contributed by atoms with Gasteiger partial charge >= 0.3 is 6.09 Å². The first kappa shape index (κ1) is 30.0. The van der Waals surface area contributed by atoms with Gasteiger partial charge in [0, 0.05) is 51.3 Å². The number of ether oxygens (including phenoxy) is 4. The Morgan fingerprint density at radius 3 is 2.13 bits per heavy atom. The van der Waals surface area contributed by atoms with Crippen LogP contribution in [-0.2, 0) is 28.5 Å². The molecule has 0 radical (unpaired) electrons. The molecule has 1 aliphatic rings. The minimum Gasteiger partial charge on any atom is -0.449 e. The molecule has 2 aromatic rings. The van der Waals surface area contributed by atoms with E-state index in [9.17, 15) is 14.4 Å². The molecule has 11 heteroatoms. The number of rotatable bonds is 15. The number of anilines is 2. The lowest BCUT2D eigenvalue weighted by atomic mass is 9.97. The van der Waals surface area contributed by atoms with Crippen molar-refractivity contribution >= 4 is 29.3 Å². The monoisotopic (exact) mass is 543 g/mol. The summed E-state index contributed by atoms with van der Waals surface area (Å²) in [7, 11) is 3.10. The molecule has 0 saturated heterocycles. The molecule has 212 valence electrons. The first-order valence-electron chi connectivity index (χ1n) is 12.9. The number of alkyl carbamates (subject to hydrolysis) is 1. The molecule has 0 bridgehead atoms. The number of aliphatic hydroxyl groups is 1. The Morgan fingerprint density at radius 1 is 0.949 bits per heavy atom. The fourth-order valence-electron chi connectivity index (χ4n) is 4.27. The highest BCUT2D eigenvalue weighted by Gasteiger charge is 2.30. The van der Waals surface area contributed by atoms with Crippen LogP contribution < -0.4 is 16.0 Å². The largest absolute Gasteiger partial charge is 0.449 e. The molecule has 11 nitrogen and oxygen atoms in total. The number of nitrogens with one attached hydrogen (secondary N) is 3. The van der Waals surface area contributed by atoms with E-state index >= 15 is 0 Å². The predicted molar refractivity (Wildman–Crippen MR) is 146 cm³/mol. The summed E-state index contributed by atoms with van der Waals surface area (Å²) in [5.74, 6) is -0.906. The van der Waals surface area contributed by atoms with E-state index in [0.29, 0.717) is 37.4 Å². The van der Waals surface area contributed by atoms with E-state index in [0.717, 1.165) is 22.3 Å². The molecule has 1 aliphatic carbocycles. The molecule has 0 fully saturated rings. The lowest BCUT2D eigenvalue weighted by Crippen LogP contribution is -2.23. The van der Waals surface area contributed by atoms with Crippen molar-refractivity contribution in [2.75, 3.05) is 64.4 Å². The molecule has 39 heavy (non-hydrogen) atoms. The lowest BCUT2D eigenvalue weighted by molar-refractivity contribution is -0.122. The maximum atomic E-state index is 12.4. The van der Waals surface area contributed by atoms with Gasteiger partial charge in [-0.15, -0.1) is 0 Å². The van der Waals surface area contributed by atoms with Gasteiger partial charge in [0.1, 0.15) is 19.8 Å². The number of hydrogen-bond acceptors (Lipinski definition) is 8. The molecular formula is C28H37N3O8. The third kappa shape index (κ3) is 8.75. The van der Waals surface area contributed by atoms with E-state index in [1.807, 2.05) is 30.3 Å². The molecule has 2 unspecified atom stereocenters. The first-order chi connectivity index (χ1) is 18.9. The number of carbonyl (C=O) groups excluding carboxylic acids is 3. The number of amides is 3. The van der Waals surface area contributed by atoms with E-state index < -0.39 is 6.09 Å². The zero-order chi connectivity index (χ0) is 28.2. The van der Waals surface area contributed by atoms with Crippen LogP contribution in [0.25, 0.3) is 11.1 Å².